The van der Waals surface area contributed by atoms with Gasteiger partial charge in [0.05, 0.1) is 7.85 Å². The minimum atomic E-state index is -0.0231. The molecule has 0 N–H and O–H groups in total. The quantitative estimate of drug-likeness (QED) is 0.698. The molecule has 0 spiro atoms. The Morgan fingerprint density at radius 1 is 1.29 bits per heavy atom. The Kier molecular flexibility index (Phi) is 5.10. The summed E-state index contributed by atoms with van der Waals surface area (Å²) in [6.07, 6.45) is 6.39. The Bertz CT molecular complexity index is 381. The Labute approximate surface area is 132 Å². The zero-order valence-electron chi connectivity index (χ0n) is 14.6. The Morgan fingerprint density at radius 3 is 2.52 bits per heavy atom. The Morgan fingerprint density at radius 2 is 1.95 bits per heavy atom. The molecule has 2 radical (unpaired) electrons. The normalized spacial score (nSPS) is 38.3. The van der Waals surface area contributed by atoms with Crippen molar-refractivity contribution in [2.75, 3.05) is 0 Å². The molecule has 1 amide bonds. The largest absolute Gasteiger partial charge is 0.337 e. The van der Waals surface area contributed by atoms with Gasteiger partial charge in [-0.1, -0.05) is 45.3 Å². The van der Waals surface area contributed by atoms with Crippen LogP contribution in [-0.2, 0) is 4.79 Å². The average Bonchev–Trinajstić information content (AvgIpc) is 2.66. The highest BCUT2D eigenvalue weighted by Gasteiger charge is 2.43. The third-order valence-electron chi connectivity index (χ3n) is 5.91. The van der Waals surface area contributed by atoms with Crippen LogP contribution in [0.1, 0.15) is 73.1 Å². The molecule has 2 fully saturated rings. The van der Waals surface area contributed by atoms with E-state index in [2.05, 4.69) is 39.5 Å². The van der Waals surface area contributed by atoms with Gasteiger partial charge < -0.3 is 4.90 Å². The lowest BCUT2D eigenvalue weighted by molar-refractivity contribution is -0.130. The zero-order valence-corrected chi connectivity index (χ0v) is 14.6. The van der Waals surface area contributed by atoms with E-state index in [1.54, 1.807) is 0 Å². The molecule has 1 saturated carbocycles. The zero-order chi connectivity index (χ0) is 15.8. The highest BCUT2D eigenvalue weighted by atomic mass is 16.2. The van der Waals surface area contributed by atoms with Crippen LogP contribution >= 0.6 is 0 Å². The second-order valence-electron chi connectivity index (χ2n) is 8.25. The van der Waals surface area contributed by atoms with E-state index in [0.29, 0.717) is 35.7 Å². The van der Waals surface area contributed by atoms with E-state index in [0.717, 1.165) is 38.5 Å². The van der Waals surface area contributed by atoms with Crippen LogP contribution in [0.2, 0.25) is 5.31 Å². The molecule has 1 saturated heterocycles. The van der Waals surface area contributed by atoms with Crippen molar-refractivity contribution in [3.05, 3.63) is 0 Å². The van der Waals surface area contributed by atoms with Crippen molar-refractivity contribution < 1.29 is 4.79 Å². The second-order valence-corrected chi connectivity index (χ2v) is 8.25. The van der Waals surface area contributed by atoms with E-state index in [1.165, 1.54) is 0 Å². The summed E-state index contributed by atoms with van der Waals surface area (Å²) in [7, 11) is 6.72. The van der Waals surface area contributed by atoms with Gasteiger partial charge in [-0.25, -0.2) is 0 Å². The van der Waals surface area contributed by atoms with Gasteiger partial charge in [-0.3, -0.25) is 4.79 Å². The van der Waals surface area contributed by atoms with Gasteiger partial charge in [0.25, 0.3) is 0 Å². The van der Waals surface area contributed by atoms with Gasteiger partial charge in [0.2, 0.25) is 5.91 Å². The number of hydrogen-bond donors (Lipinski definition) is 0. The molecule has 4 unspecified atom stereocenters. The molecule has 0 aromatic carbocycles. The number of nitrogens with zero attached hydrogens (tertiary/aromatic N) is 1. The van der Waals surface area contributed by atoms with Crippen molar-refractivity contribution in [2.24, 2.45) is 17.8 Å². The summed E-state index contributed by atoms with van der Waals surface area (Å²) in [6.45, 7) is 11.1. The first kappa shape index (κ1) is 16.9. The van der Waals surface area contributed by atoms with Crippen LogP contribution in [0.3, 0.4) is 0 Å². The molecule has 21 heavy (non-hydrogen) atoms. The molecule has 1 heterocycles. The van der Waals surface area contributed by atoms with Crippen LogP contribution in [0.4, 0.5) is 0 Å². The molecule has 0 aromatic rings. The number of likely N-dealkylation sites (tertiary alicyclic amines) is 1. The fourth-order valence-corrected chi connectivity index (χ4v) is 4.68. The fourth-order valence-electron chi connectivity index (χ4n) is 4.68. The number of carbonyl (C=O) groups excluding carboxylic acids is 1. The lowest BCUT2D eigenvalue weighted by Gasteiger charge is -2.37. The van der Waals surface area contributed by atoms with Crippen LogP contribution in [-0.4, -0.2) is 30.7 Å². The molecule has 0 aromatic heterocycles. The summed E-state index contributed by atoms with van der Waals surface area (Å²) in [6, 6.07) is 0.783. The molecule has 4 atom stereocenters. The predicted octanol–water partition coefficient (Wildman–Crippen LogP) is 4.20. The van der Waals surface area contributed by atoms with E-state index >= 15 is 0 Å². The van der Waals surface area contributed by atoms with Crippen molar-refractivity contribution in [1.82, 2.24) is 4.90 Å². The highest BCUT2D eigenvalue weighted by Crippen LogP contribution is 2.48. The molecule has 118 valence electrons. The summed E-state index contributed by atoms with van der Waals surface area (Å²) in [5.41, 5.74) is 0. The maximum absolute atomic E-state index is 12.3. The maximum Gasteiger partial charge on any atom is 0.223 e. The van der Waals surface area contributed by atoms with Gasteiger partial charge in [-0.15, -0.1) is 0 Å². The van der Waals surface area contributed by atoms with Crippen molar-refractivity contribution in [3.63, 3.8) is 0 Å². The van der Waals surface area contributed by atoms with Gasteiger partial charge >= 0.3 is 0 Å². The SMILES string of the molecule is [B]C1(C(C)C)CCCC2C(CC(=O)N2C(C)C)CC(C)C1. The molecular weight excluding hydrogens is 257 g/mol. The fraction of sp³-hybridized carbons (Fsp3) is 0.944. The van der Waals surface area contributed by atoms with Gasteiger partial charge in [0.1, 0.15) is 0 Å². The predicted molar refractivity (Wildman–Crippen MR) is 89.4 cm³/mol. The highest BCUT2D eigenvalue weighted by molar-refractivity contribution is 6.15. The average molecular weight is 289 g/mol. The Hall–Kier alpha value is -0.465. The Balaban J connectivity index is 2.17. The van der Waals surface area contributed by atoms with Gasteiger partial charge in [0.15, 0.2) is 0 Å². The van der Waals surface area contributed by atoms with Crippen LogP contribution in [0.15, 0.2) is 0 Å². The van der Waals surface area contributed by atoms with Gasteiger partial charge in [-0.05, 0) is 44.4 Å². The lowest BCUT2D eigenvalue weighted by Crippen LogP contribution is -2.40. The third kappa shape index (κ3) is 3.48. The van der Waals surface area contributed by atoms with Gasteiger partial charge in [-0.2, -0.15) is 0 Å². The van der Waals surface area contributed by atoms with E-state index in [9.17, 15) is 4.79 Å². The molecule has 3 heteroatoms. The summed E-state index contributed by atoms with van der Waals surface area (Å²) in [5.74, 6) is 2.06. The first-order valence-electron chi connectivity index (χ1n) is 8.84. The van der Waals surface area contributed by atoms with E-state index in [-0.39, 0.29) is 5.31 Å². The monoisotopic (exact) mass is 289 g/mol. The molecule has 0 bridgehead atoms. The van der Waals surface area contributed by atoms with Crippen molar-refractivity contribution in [3.8, 4) is 0 Å². The van der Waals surface area contributed by atoms with E-state index in [1.807, 2.05) is 0 Å². The molecule has 1 aliphatic carbocycles. The van der Waals surface area contributed by atoms with E-state index in [4.69, 9.17) is 7.85 Å². The first-order valence-corrected chi connectivity index (χ1v) is 8.84. The van der Waals surface area contributed by atoms with E-state index < -0.39 is 0 Å². The maximum atomic E-state index is 12.3. The molecular formula is C18H32BNO. The smallest absolute Gasteiger partial charge is 0.223 e. The minimum Gasteiger partial charge on any atom is -0.337 e. The van der Waals surface area contributed by atoms with Crippen LogP contribution < -0.4 is 0 Å². The minimum absolute atomic E-state index is 0.0231. The number of amides is 1. The molecule has 1 aliphatic heterocycles. The number of fused-ring (bicyclic) bond motifs is 1. The summed E-state index contributed by atoms with van der Waals surface area (Å²) >= 11 is 0. The number of carbonyl (C=O) groups is 1. The number of hydrogen-bond acceptors (Lipinski definition) is 1. The van der Waals surface area contributed by atoms with Crippen molar-refractivity contribution in [1.29, 1.82) is 0 Å². The van der Waals surface area contributed by atoms with Gasteiger partial charge in [0, 0.05) is 18.5 Å². The lowest BCUT2D eigenvalue weighted by atomic mass is 9.55. The molecule has 2 aliphatic rings. The van der Waals surface area contributed by atoms with Crippen LogP contribution in [0, 0.1) is 17.8 Å². The molecule has 2 nitrogen and oxygen atoms in total. The second kappa shape index (κ2) is 6.34. The summed E-state index contributed by atoms with van der Waals surface area (Å²) in [4.78, 5) is 14.5. The van der Waals surface area contributed by atoms with Crippen molar-refractivity contribution >= 4 is 13.8 Å². The topological polar surface area (TPSA) is 20.3 Å². The first-order chi connectivity index (χ1) is 9.74. The van der Waals surface area contributed by atoms with Crippen LogP contribution in [0.5, 0.6) is 0 Å². The number of rotatable bonds is 2. The summed E-state index contributed by atoms with van der Waals surface area (Å²) < 4.78 is 0. The van der Waals surface area contributed by atoms with Crippen LogP contribution in [0.25, 0.3) is 0 Å². The summed E-state index contributed by atoms with van der Waals surface area (Å²) in [5, 5.41) is -0.0231. The standard InChI is InChI=1S/C18H32BNO/c1-12(2)18(19)8-6-7-16-15(9-14(5)11-18)10-17(21)20(16)13(3)4/h12-16H,6-11H2,1-5H3. The van der Waals surface area contributed by atoms with Crippen molar-refractivity contribution in [2.45, 2.75) is 90.5 Å². The third-order valence-corrected chi connectivity index (χ3v) is 5.91. The molecule has 2 rings (SSSR count).